The number of fused-ring (bicyclic) bond motifs is 2. The molecule has 8 nitrogen and oxygen atoms in total. The van der Waals surface area contributed by atoms with E-state index in [0.717, 1.165) is 29.5 Å². The maximum absolute atomic E-state index is 11.3. The number of methoxy groups -OCH3 is 1. The summed E-state index contributed by atoms with van der Waals surface area (Å²) in [4.78, 5) is 25.1. The van der Waals surface area contributed by atoms with Crippen LogP contribution in [0.15, 0.2) is 48.5 Å². The van der Waals surface area contributed by atoms with Gasteiger partial charge in [-0.1, -0.05) is 7.43 Å². The number of aliphatic carboxylic acids is 1. The number of carboxylic acid groups (broad SMARTS) is 1. The molecule has 2 aromatic carbocycles. The Hall–Kier alpha value is -3.29. The molecule has 32 heavy (non-hydrogen) atoms. The summed E-state index contributed by atoms with van der Waals surface area (Å²) in [6.45, 7) is 1.08. The van der Waals surface area contributed by atoms with Gasteiger partial charge in [-0.05, 0) is 0 Å². The number of hydrogen-bond acceptors (Lipinski definition) is 5. The van der Waals surface area contributed by atoms with Crippen molar-refractivity contribution < 1.29 is 28.8 Å². The van der Waals surface area contributed by atoms with Gasteiger partial charge in [0.05, 0.1) is 0 Å². The molecule has 0 amide bonds. The molecule has 0 radical (unpaired) electrons. The van der Waals surface area contributed by atoms with Crippen LogP contribution in [0.25, 0.3) is 0 Å². The number of nitrogens with zero attached hydrogens (tertiary/aromatic N) is 2. The van der Waals surface area contributed by atoms with E-state index in [1.807, 2.05) is 48.5 Å². The zero-order chi connectivity index (χ0) is 22.4. The molecule has 0 saturated heterocycles. The van der Waals surface area contributed by atoms with Gasteiger partial charge in [-0.25, -0.2) is 0 Å². The summed E-state index contributed by atoms with van der Waals surface area (Å²) in [6, 6.07) is 14.8. The van der Waals surface area contributed by atoms with E-state index in [-0.39, 0.29) is 38.3 Å². The van der Waals surface area contributed by atoms with Gasteiger partial charge in [-0.3, -0.25) is 0 Å². The van der Waals surface area contributed by atoms with Crippen molar-refractivity contribution in [3.05, 3.63) is 70.8 Å². The van der Waals surface area contributed by atoms with E-state index in [4.69, 9.17) is 5.11 Å². The van der Waals surface area contributed by atoms with E-state index in [1.165, 1.54) is 11.9 Å². The number of esters is 1. The standard InChI is InChI=1S/C11H12BNO3.C10H10BNO3.CH4/c1-16-11(14)6-10-9-5-3-2-4-8(9)7-13(10)12-15;13-10(14)5-9-8-4-2-1-3-7(8)6-12(9)11-15;/h2-5,10H,6-7H2,1H3;1-4,9H,5-6H2,(H,13,14);1H4. The second kappa shape index (κ2) is 11.4. The second-order valence-corrected chi connectivity index (χ2v) is 7.36. The van der Waals surface area contributed by atoms with Crippen molar-refractivity contribution in [2.24, 2.45) is 0 Å². The van der Waals surface area contributed by atoms with Crippen LogP contribution in [0.3, 0.4) is 0 Å². The number of rotatable bonds is 6. The van der Waals surface area contributed by atoms with Crippen LogP contribution in [-0.2, 0) is 36.8 Å². The Morgan fingerprint density at radius 1 is 0.906 bits per heavy atom. The van der Waals surface area contributed by atoms with Crippen LogP contribution in [0.2, 0.25) is 0 Å². The van der Waals surface area contributed by atoms with Crippen LogP contribution in [0.4, 0.5) is 0 Å². The summed E-state index contributed by atoms with van der Waals surface area (Å²) in [7, 11) is 2.86. The van der Waals surface area contributed by atoms with Gasteiger partial charge in [0.2, 0.25) is 0 Å². The fourth-order valence-electron chi connectivity index (χ4n) is 4.06. The molecule has 2 aliphatic heterocycles. The van der Waals surface area contributed by atoms with E-state index < -0.39 is 5.97 Å². The minimum absolute atomic E-state index is 0. The van der Waals surface area contributed by atoms with Gasteiger partial charge in [0.25, 0.3) is 0 Å². The van der Waals surface area contributed by atoms with E-state index >= 15 is 0 Å². The molecule has 166 valence electrons. The number of ether oxygens (including phenoxy) is 1. The molecule has 2 aromatic rings. The number of carbonyl (C=O) groups excluding carboxylic acids is 1. The zero-order valence-electron chi connectivity index (χ0n) is 17.1. The topological polar surface area (TPSA) is 104 Å². The molecular weight excluding hydrogens is 410 g/mol. The summed E-state index contributed by atoms with van der Waals surface area (Å²) in [5.41, 5.74) is 4.13. The van der Waals surface area contributed by atoms with Gasteiger partial charge in [0.15, 0.2) is 0 Å². The Morgan fingerprint density at radius 2 is 1.34 bits per heavy atom. The first-order valence-electron chi connectivity index (χ1n) is 9.84. The maximum atomic E-state index is 11.3. The fraction of sp³-hybridized carbons (Fsp3) is 0.364. The molecule has 0 bridgehead atoms. The van der Waals surface area contributed by atoms with Crippen molar-refractivity contribution in [1.82, 2.24) is 9.62 Å². The molecule has 4 rings (SSSR count). The third-order valence-corrected chi connectivity index (χ3v) is 5.56. The molecular formula is C22H26B2N2O6. The Bertz CT molecular complexity index is 986. The molecule has 0 fully saturated rings. The third-order valence-electron chi connectivity index (χ3n) is 5.56. The Kier molecular flexibility index (Phi) is 8.87. The predicted octanol–water partition coefficient (Wildman–Crippen LogP) is 2.69. The van der Waals surface area contributed by atoms with Crippen LogP contribution < -0.4 is 0 Å². The monoisotopic (exact) mass is 436 g/mol. The van der Waals surface area contributed by atoms with Gasteiger partial charge in [-0.15, -0.1) is 0 Å². The molecule has 1 N–H and O–H groups in total. The summed E-state index contributed by atoms with van der Waals surface area (Å²) < 4.78 is 26.4. The number of benzene rings is 2. The fourth-order valence-corrected chi connectivity index (χ4v) is 4.06. The second-order valence-electron chi connectivity index (χ2n) is 7.36. The van der Waals surface area contributed by atoms with Crippen molar-refractivity contribution >= 4 is 26.5 Å². The molecule has 0 aromatic heterocycles. The van der Waals surface area contributed by atoms with E-state index in [2.05, 4.69) is 4.74 Å². The molecule has 2 heterocycles. The average Bonchev–Trinajstić information content (AvgIpc) is 3.31. The molecule has 0 saturated carbocycles. The van der Waals surface area contributed by atoms with Crippen LogP contribution in [0.5, 0.6) is 0 Å². The molecule has 10 heteroatoms. The van der Waals surface area contributed by atoms with Crippen LogP contribution in [0.1, 0.15) is 54.6 Å². The molecule has 0 spiro atoms. The van der Waals surface area contributed by atoms with Crippen molar-refractivity contribution in [3.8, 4) is 0 Å². The van der Waals surface area contributed by atoms with Gasteiger partial charge in [0, 0.05) is 0 Å². The van der Waals surface area contributed by atoms with E-state index in [1.54, 1.807) is 4.81 Å². The zero-order valence-corrected chi connectivity index (χ0v) is 17.1. The Labute approximate surface area is 188 Å². The summed E-state index contributed by atoms with van der Waals surface area (Å²) in [6.07, 6.45) is 0.183. The normalized spacial score (nSPS) is 17.5. The SMILES string of the molecule is C.COC(=O)CC1c2ccccc2CN1B=O.O=BN1Cc2ccccc2C1CC(=O)O. The summed E-state index contributed by atoms with van der Waals surface area (Å²) in [5.74, 6) is -1.18. The number of carboxylic acids is 1. The first-order valence-corrected chi connectivity index (χ1v) is 9.84. The van der Waals surface area contributed by atoms with Gasteiger partial charge < -0.3 is 0 Å². The average molecular weight is 436 g/mol. The van der Waals surface area contributed by atoms with Crippen molar-refractivity contribution in [3.63, 3.8) is 0 Å². The van der Waals surface area contributed by atoms with E-state index in [0.29, 0.717) is 20.4 Å². The third kappa shape index (κ3) is 5.49. The van der Waals surface area contributed by atoms with Crippen molar-refractivity contribution in [1.29, 1.82) is 0 Å². The first-order chi connectivity index (χ1) is 15.0. The quantitative estimate of drug-likeness (QED) is 0.545. The number of hydrogen-bond donors (Lipinski definition) is 1. The van der Waals surface area contributed by atoms with Crippen molar-refractivity contribution in [2.45, 2.75) is 45.4 Å². The Morgan fingerprint density at radius 3 is 1.75 bits per heavy atom. The predicted molar refractivity (Wildman–Crippen MR) is 118 cm³/mol. The molecule has 2 atom stereocenters. The molecule has 0 aliphatic carbocycles. The van der Waals surface area contributed by atoms with Crippen molar-refractivity contribution in [2.75, 3.05) is 7.11 Å². The molecule has 2 unspecified atom stereocenters. The van der Waals surface area contributed by atoms with E-state index in [9.17, 15) is 19.0 Å². The Balaban J connectivity index is 0.000000220. The number of carbonyl (C=O) groups is 2. The minimum atomic E-state index is -0.886. The van der Waals surface area contributed by atoms with Gasteiger partial charge in [-0.2, -0.15) is 0 Å². The van der Waals surface area contributed by atoms with Crippen LogP contribution in [-0.4, -0.2) is 48.3 Å². The van der Waals surface area contributed by atoms with Crippen LogP contribution in [0, 0.1) is 0 Å². The summed E-state index contributed by atoms with van der Waals surface area (Å²) in [5, 5.41) is 8.77. The first kappa shape index (κ1) is 25.0. The van der Waals surface area contributed by atoms with Gasteiger partial charge in [0.1, 0.15) is 0 Å². The van der Waals surface area contributed by atoms with Crippen LogP contribution >= 0.6 is 0 Å². The van der Waals surface area contributed by atoms with Gasteiger partial charge >= 0.3 is 181 Å². The molecule has 2 aliphatic rings. The summed E-state index contributed by atoms with van der Waals surface area (Å²) >= 11 is 0.